The first-order chi connectivity index (χ1) is 3.89. The maximum Gasteiger partial charge on any atom is 0.180 e. The molecule has 0 aliphatic heterocycles. The van der Waals surface area contributed by atoms with Crippen LogP contribution in [0.3, 0.4) is 0 Å². The van der Waals surface area contributed by atoms with E-state index in [9.17, 15) is 0 Å². The van der Waals surface area contributed by atoms with Gasteiger partial charge in [-0.05, 0) is 6.92 Å². The van der Waals surface area contributed by atoms with E-state index in [1.165, 1.54) is 6.39 Å². The highest BCUT2D eigenvalue weighted by Gasteiger charge is 1.77. The van der Waals surface area contributed by atoms with Crippen molar-refractivity contribution in [3.63, 3.8) is 0 Å². The summed E-state index contributed by atoms with van der Waals surface area (Å²) in [6.45, 7) is 5.85. The van der Waals surface area contributed by atoms with Gasteiger partial charge in [-0.3, -0.25) is 0 Å². The van der Waals surface area contributed by atoms with Crippen LogP contribution in [0.2, 0.25) is 0 Å². The monoisotopic (exact) mass is 241 g/mol. The SMILES string of the molecule is CC.Cc1cnco1.I. The highest BCUT2D eigenvalue weighted by molar-refractivity contribution is 14.0. The summed E-state index contributed by atoms with van der Waals surface area (Å²) in [5.41, 5.74) is 0. The van der Waals surface area contributed by atoms with Crippen molar-refractivity contribution >= 4 is 24.0 Å². The zero-order chi connectivity index (χ0) is 6.41. The summed E-state index contributed by atoms with van der Waals surface area (Å²) in [5.74, 6) is 0.856. The molecule has 0 saturated carbocycles. The fourth-order valence-electron chi connectivity index (χ4n) is 0.279. The third-order valence-electron chi connectivity index (χ3n) is 0.556. The molecule has 0 saturated heterocycles. The molecule has 0 radical (unpaired) electrons. The summed E-state index contributed by atoms with van der Waals surface area (Å²) in [6, 6.07) is 0. The van der Waals surface area contributed by atoms with Crippen molar-refractivity contribution in [2.45, 2.75) is 20.8 Å². The Morgan fingerprint density at radius 1 is 1.44 bits per heavy atom. The predicted molar refractivity (Wildman–Crippen MR) is 48.0 cm³/mol. The van der Waals surface area contributed by atoms with Crippen LogP contribution in [0.15, 0.2) is 17.0 Å². The van der Waals surface area contributed by atoms with E-state index in [0.29, 0.717) is 0 Å². The molecule has 0 amide bonds. The molecule has 0 unspecified atom stereocenters. The smallest absolute Gasteiger partial charge is 0.180 e. The molecule has 0 bridgehead atoms. The highest BCUT2D eigenvalue weighted by Crippen LogP contribution is 1.88. The summed E-state index contributed by atoms with van der Waals surface area (Å²) in [6.07, 6.45) is 3.08. The molecule has 0 atom stereocenters. The quantitative estimate of drug-likeness (QED) is 0.652. The number of aromatic nitrogens is 1. The molecule has 1 rings (SSSR count). The zero-order valence-corrected chi connectivity index (χ0v) is 8.25. The Labute approximate surface area is 72.7 Å². The fraction of sp³-hybridized carbons (Fsp3) is 0.500. The number of hydrogen-bond acceptors (Lipinski definition) is 2. The van der Waals surface area contributed by atoms with Crippen LogP contribution in [0.1, 0.15) is 19.6 Å². The molecule has 54 valence electrons. The van der Waals surface area contributed by atoms with Gasteiger partial charge in [-0.2, -0.15) is 0 Å². The van der Waals surface area contributed by atoms with Crippen LogP contribution in [0.25, 0.3) is 0 Å². The van der Waals surface area contributed by atoms with Gasteiger partial charge < -0.3 is 4.42 Å². The van der Waals surface area contributed by atoms with Crippen molar-refractivity contribution in [3.05, 3.63) is 18.4 Å². The molecule has 0 aliphatic carbocycles. The Hall–Kier alpha value is -0.0600. The normalized spacial score (nSPS) is 6.56. The van der Waals surface area contributed by atoms with Gasteiger partial charge >= 0.3 is 0 Å². The summed E-state index contributed by atoms with van der Waals surface area (Å²) in [5, 5.41) is 0. The van der Waals surface area contributed by atoms with Crippen molar-refractivity contribution in [1.29, 1.82) is 0 Å². The minimum absolute atomic E-state index is 0. The molecule has 0 spiro atoms. The number of halogens is 1. The Bertz CT molecular complexity index is 117. The highest BCUT2D eigenvalue weighted by atomic mass is 127. The molecular weight excluding hydrogens is 229 g/mol. The van der Waals surface area contributed by atoms with Crippen LogP contribution in [-0.4, -0.2) is 4.98 Å². The average molecular weight is 241 g/mol. The topological polar surface area (TPSA) is 26.0 Å². The van der Waals surface area contributed by atoms with Crippen LogP contribution < -0.4 is 0 Å². The molecule has 2 nitrogen and oxygen atoms in total. The second kappa shape index (κ2) is 7.94. The van der Waals surface area contributed by atoms with E-state index in [0.717, 1.165) is 5.76 Å². The number of nitrogens with zero attached hydrogens (tertiary/aromatic N) is 1. The van der Waals surface area contributed by atoms with Gasteiger partial charge in [0.2, 0.25) is 0 Å². The second-order valence-electron chi connectivity index (χ2n) is 1.11. The maximum absolute atomic E-state index is 4.72. The molecular formula is C6H12INO. The molecule has 9 heavy (non-hydrogen) atoms. The van der Waals surface area contributed by atoms with E-state index < -0.39 is 0 Å². The fourth-order valence-corrected chi connectivity index (χ4v) is 0.279. The lowest BCUT2D eigenvalue weighted by Gasteiger charge is -1.66. The summed E-state index contributed by atoms with van der Waals surface area (Å²) in [7, 11) is 0. The Morgan fingerprint density at radius 3 is 2.11 bits per heavy atom. The second-order valence-corrected chi connectivity index (χ2v) is 1.11. The minimum Gasteiger partial charge on any atom is -0.449 e. The average Bonchev–Trinajstić information content (AvgIpc) is 2.24. The minimum atomic E-state index is 0. The van der Waals surface area contributed by atoms with Gasteiger partial charge in [-0.25, -0.2) is 4.98 Å². The van der Waals surface area contributed by atoms with Gasteiger partial charge in [-0.15, -0.1) is 24.0 Å². The predicted octanol–water partition coefficient (Wildman–Crippen LogP) is 2.63. The molecule has 0 aromatic carbocycles. The van der Waals surface area contributed by atoms with Gasteiger partial charge in [0.15, 0.2) is 6.39 Å². The van der Waals surface area contributed by atoms with Crippen LogP contribution >= 0.6 is 24.0 Å². The van der Waals surface area contributed by atoms with E-state index >= 15 is 0 Å². The van der Waals surface area contributed by atoms with Crippen LogP contribution in [0.4, 0.5) is 0 Å². The molecule has 1 heterocycles. The van der Waals surface area contributed by atoms with Crippen molar-refractivity contribution in [3.8, 4) is 0 Å². The molecule has 1 aromatic rings. The van der Waals surface area contributed by atoms with Gasteiger partial charge in [0.1, 0.15) is 5.76 Å². The summed E-state index contributed by atoms with van der Waals surface area (Å²) in [4.78, 5) is 3.66. The van der Waals surface area contributed by atoms with E-state index in [1.54, 1.807) is 6.20 Å². The Kier molecular flexibility index (Phi) is 10.3. The van der Waals surface area contributed by atoms with Crippen molar-refractivity contribution < 1.29 is 4.42 Å². The number of oxazole rings is 1. The zero-order valence-electron chi connectivity index (χ0n) is 5.92. The summed E-state index contributed by atoms with van der Waals surface area (Å²) < 4.78 is 4.72. The lowest BCUT2D eigenvalue weighted by molar-refractivity contribution is 0.527. The third-order valence-corrected chi connectivity index (χ3v) is 0.556. The van der Waals surface area contributed by atoms with Gasteiger partial charge in [0.25, 0.3) is 0 Å². The van der Waals surface area contributed by atoms with Crippen LogP contribution in [0, 0.1) is 6.92 Å². The first-order valence-electron chi connectivity index (χ1n) is 2.74. The van der Waals surface area contributed by atoms with E-state index in [1.807, 2.05) is 20.8 Å². The maximum atomic E-state index is 4.72. The molecule has 1 aromatic heterocycles. The largest absolute Gasteiger partial charge is 0.449 e. The Morgan fingerprint density at radius 2 is 2.00 bits per heavy atom. The van der Waals surface area contributed by atoms with Gasteiger partial charge in [0.05, 0.1) is 6.20 Å². The first kappa shape index (κ1) is 11.7. The molecule has 0 N–H and O–H groups in total. The van der Waals surface area contributed by atoms with Crippen molar-refractivity contribution in [1.82, 2.24) is 4.98 Å². The van der Waals surface area contributed by atoms with Crippen LogP contribution in [0.5, 0.6) is 0 Å². The van der Waals surface area contributed by atoms with E-state index in [4.69, 9.17) is 4.42 Å². The van der Waals surface area contributed by atoms with Gasteiger partial charge in [-0.1, -0.05) is 13.8 Å². The van der Waals surface area contributed by atoms with E-state index in [2.05, 4.69) is 4.98 Å². The molecule has 0 fully saturated rings. The third kappa shape index (κ3) is 5.82. The van der Waals surface area contributed by atoms with Crippen LogP contribution in [-0.2, 0) is 0 Å². The Balaban J connectivity index is 0. The van der Waals surface area contributed by atoms with Crippen molar-refractivity contribution in [2.24, 2.45) is 0 Å². The standard InChI is InChI=1S/C4H5NO.C2H6.HI/c1-4-2-5-3-6-4;1-2;/h2-3H,1H3;1-2H3;1H. The molecule has 3 heteroatoms. The lowest BCUT2D eigenvalue weighted by atomic mass is 10.6. The number of aryl methyl sites for hydroxylation is 1. The molecule has 0 aliphatic rings. The van der Waals surface area contributed by atoms with Crippen molar-refractivity contribution in [2.75, 3.05) is 0 Å². The number of hydrogen-bond donors (Lipinski definition) is 0. The summed E-state index contributed by atoms with van der Waals surface area (Å²) >= 11 is 0. The first-order valence-corrected chi connectivity index (χ1v) is 2.74. The van der Waals surface area contributed by atoms with Gasteiger partial charge in [0, 0.05) is 0 Å². The van der Waals surface area contributed by atoms with E-state index in [-0.39, 0.29) is 24.0 Å². The lowest BCUT2D eigenvalue weighted by Crippen LogP contribution is -1.50. The number of rotatable bonds is 0.